The smallest absolute Gasteiger partial charge is 0.325 e. The van der Waals surface area contributed by atoms with Gasteiger partial charge in [-0.2, -0.15) is 0 Å². The monoisotopic (exact) mass is 197 g/mol. The Labute approximate surface area is 80.9 Å². The van der Waals surface area contributed by atoms with Crippen LogP contribution in [0, 0.1) is 0 Å². The molecule has 0 heterocycles. The lowest BCUT2D eigenvalue weighted by atomic mass is 10.3. The number of rotatable bonds is 3. The highest BCUT2D eigenvalue weighted by Crippen LogP contribution is 2.27. The largest absolute Gasteiger partial charge is 0.504 e. The van der Waals surface area contributed by atoms with Crippen LogP contribution in [0.1, 0.15) is 0 Å². The number of phenols is 2. The van der Waals surface area contributed by atoms with Crippen molar-refractivity contribution in [1.29, 1.82) is 0 Å². The summed E-state index contributed by atoms with van der Waals surface area (Å²) in [6.07, 6.45) is 0. The number of hydrogen-bond acceptors (Lipinski definition) is 5. The predicted octanol–water partition coefficient (Wildman–Crippen LogP) is 0.683. The van der Waals surface area contributed by atoms with Crippen LogP contribution in [0.2, 0.25) is 0 Å². The topological polar surface area (TPSA) is 78.8 Å². The molecule has 0 aliphatic heterocycles. The standard InChI is InChI=1S/C9H11NO4/c1-14-9(13)5-10-6-2-3-7(11)8(12)4-6/h2-4,10-12H,5H2,1H3. The highest BCUT2D eigenvalue weighted by molar-refractivity contribution is 5.75. The fourth-order valence-corrected chi connectivity index (χ4v) is 0.880. The van der Waals surface area contributed by atoms with Crippen molar-refractivity contribution in [2.24, 2.45) is 0 Å². The number of carbonyl (C=O) groups excluding carboxylic acids is 1. The first-order valence-electron chi connectivity index (χ1n) is 3.96. The first-order valence-corrected chi connectivity index (χ1v) is 3.96. The van der Waals surface area contributed by atoms with Gasteiger partial charge in [-0.05, 0) is 12.1 Å². The van der Waals surface area contributed by atoms with E-state index in [1.165, 1.54) is 25.3 Å². The van der Waals surface area contributed by atoms with Crippen LogP contribution < -0.4 is 5.32 Å². The zero-order valence-electron chi connectivity index (χ0n) is 7.65. The maximum Gasteiger partial charge on any atom is 0.325 e. The summed E-state index contributed by atoms with van der Waals surface area (Å²) in [4.78, 5) is 10.7. The lowest BCUT2D eigenvalue weighted by Gasteiger charge is -2.05. The van der Waals surface area contributed by atoms with E-state index in [-0.39, 0.29) is 18.0 Å². The molecule has 14 heavy (non-hydrogen) atoms. The third-order valence-corrected chi connectivity index (χ3v) is 1.64. The van der Waals surface area contributed by atoms with Crippen LogP contribution in [0.15, 0.2) is 18.2 Å². The second-order valence-electron chi connectivity index (χ2n) is 2.63. The summed E-state index contributed by atoms with van der Waals surface area (Å²) in [5, 5.41) is 20.8. The fourth-order valence-electron chi connectivity index (χ4n) is 0.880. The van der Waals surface area contributed by atoms with Gasteiger partial charge in [0.2, 0.25) is 0 Å². The van der Waals surface area contributed by atoms with Crippen molar-refractivity contribution in [2.75, 3.05) is 19.0 Å². The van der Waals surface area contributed by atoms with Gasteiger partial charge < -0.3 is 20.3 Å². The minimum atomic E-state index is -0.405. The molecule has 0 saturated carbocycles. The van der Waals surface area contributed by atoms with E-state index in [2.05, 4.69) is 10.1 Å². The molecule has 5 heteroatoms. The van der Waals surface area contributed by atoms with E-state index in [0.717, 1.165) is 0 Å². The van der Waals surface area contributed by atoms with Gasteiger partial charge in [0.25, 0.3) is 0 Å². The van der Waals surface area contributed by atoms with Crippen molar-refractivity contribution < 1.29 is 19.7 Å². The third kappa shape index (κ3) is 2.55. The third-order valence-electron chi connectivity index (χ3n) is 1.64. The van der Waals surface area contributed by atoms with Gasteiger partial charge in [-0.25, -0.2) is 0 Å². The molecule has 1 rings (SSSR count). The van der Waals surface area contributed by atoms with Crippen molar-refractivity contribution in [3.05, 3.63) is 18.2 Å². The number of aromatic hydroxyl groups is 2. The lowest BCUT2D eigenvalue weighted by Crippen LogP contribution is -2.14. The van der Waals surface area contributed by atoms with Crippen molar-refractivity contribution in [3.63, 3.8) is 0 Å². The molecule has 0 radical (unpaired) electrons. The minimum Gasteiger partial charge on any atom is -0.504 e. The summed E-state index contributed by atoms with van der Waals surface area (Å²) < 4.78 is 4.41. The van der Waals surface area contributed by atoms with E-state index in [1.807, 2.05) is 0 Å². The Bertz CT molecular complexity index is 338. The average Bonchev–Trinajstić information content (AvgIpc) is 2.19. The van der Waals surface area contributed by atoms with Gasteiger partial charge in [0.1, 0.15) is 6.54 Å². The number of carbonyl (C=O) groups is 1. The summed E-state index contributed by atoms with van der Waals surface area (Å²) in [5.74, 6) is -0.842. The van der Waals surface area contributed by atoms with Crippen molar-refractivity contribution in [2.45, 2.75) is 0 Å². The summed E-state index contributed by atoms with van der Waals surface area (Å²) in [6, 6.07) is 4.19. The van der Waals surface area contributed by atoms with Crippen molar-refractivity contribution >= 4 is 11.7 Å². The second-order valence-corrected chi connectivity index (χ2v) is 2.63. The lowest BCUT2D eigenvalue weighted by molar-refractivity contribution is -0.138. The summed E-state index contributed by atoms with van der Waals surface area (Å²) >= 11 is 0. The molecular formula is C9H11NO4. The van der Waals surface area contributed by atoms with Crippen LogP contribution in [0.3, 0.4) is 0 Å². The second kappa shape index (κ2) is 4.36. The van der Waals surface area contributed by atoms with Crippen LogP contribution in [0.4, 0.5) is 5.69 Å². The number of nitrogens with one attached hydrogen (secondary N) is 1. The Balaban J connectivity index is 2.60. The van der Waals surface area contributed by atoms with Gasteiger partial charge in [0.15, 0.2) is 11.5 Å². The van der Waals surface area contributed by atoms with Crippen molar-refractivity contribution in [1.82, 2.24) is 0 Å². The van der Waals surface area contributed by atoms with Gasteiger partial charge in [-0.15, -0.1) is 0 Å². The zero-order chi connectivity index (χ0) is 10.6. The van der Waals surface area contributed by atoms with Gasteiger partial charge in [-0.1, -0.05) is 0 Å². The Morgan fingerprint density at radius 1 is 1.43 bits per heavy atom. The first kappa shape index (κ1) is 10.2. The number of anilines is 1. The number of methoxy groups -OCH3 is 1. The molecule has 0 amide bonds. The van der Waals surface area contributed by atoms with E-state index in [0.29, 0.717) is 5.69 Å². The molecule has 5 nitrogen and oxygen atoms in total. The van der Waals surface area contributed by atoms with E-state index in [1.54, 1.807) is 0 Å². The summed E-state index contributed by atoms with van der Waals surface area (Å²) in [7, 11) is 1.29. The minimum absolute atomic E-state index is 0.0146. The number of hydrogen-bond donors (Lipinski definition) is 3. The molecule has 1 aromatic carbocycles. The number of phenolic OH excluding ortho intramolecular Hbond substituents is 2. The molecule has 76 valence electrons. The Morgan fingerprint density at radius 3 is 2.71 bits per heavy atom. The maximum absolute atomic E-state index is 10.7. The van der Waals surface area contributed by atoms with Crippen LogP contribution in [-0.2, 0) is 9.53 Å². The van der Waals surface area contributed by atoms with Gasteiger partial charge in [-0.3, -0.25) is 4.79 Å². The number of esters is 1. The van der Waals surface area contributed by atoms with Gasteiger partial charge in [0.05, 0.1) is 7.11 Å². The molecule has 3 N–H and O–H groups in total. The normalized spacial score (nSPS) is 9.50. The molecule has 0 fully saturated rings. The van der Waals surface area contributed by atoms with Crippen LogP contribution >= 0.6 is 0 Å². The molecule has 0 aliphatic carbocycles. The molecule has 0 aromatic heterocycles. The van der Waals surface area contributed by atoms with Gasteiger partial charge >= 0.3 is 5.97 Å². The average molecular weight is 197 g/mol. The number of benzene rings is 1. The molecular weight excluding hydrogens is 186 g/mol. The molecule has 0 spiro atoms. The number of ether oxygens (including phenoxy) is 1. The van der Waals surface area contributed by atoms with E-state index in [9.17, 15) is 4.79 Å². The SMILES string of the molecule is COC(=O)CNc1ccc(O)c(O)c1. The molecule has 1 aromatic rings. The molecule has 0 aliphatic rings. The Morgan fingerprint density at radius 2 is 2.14 bits per heavy atom. The van der Waals surface area contributed by atoms with Gasteiger partial charge in [0, 0.05) is 11.8 Å². The summed E-state index contributed by atoms with van der Waals surface area (Å²) in [6.45, 7) is 0.0146. The molecule has 0 atom stereocenters. The quantitative estimate of drug-likeness (QED) is 0.377. The zero-order valence-corrected chi connectivity index (χ0v) is 7.65. The predicted molar refractivity (Wildman–Crippen MR) is 50.3 cm³/mol. The van der Waals surface area contributed by atoms with Crippen LogP contribution in [-0.4, -0.2) is 29.8 Å². The van der Waals surface area contributed by atoms with E-state index < -0.39 is 5.97 Å². The fraction of sp³-hybridized carbons (Fsp3) is 0.222. The molecule has 0 saturated heterocycles. The first-order chi connectivity index (χ1) is 6.63. The van der Waals surface area contributed by atoms with Crippen LogP contribution in [0.5, 0.6) is 11.5 Å². The Kier molecular flexibility index (Phi) is 3.17. The maximum atomic E-state index is 10.7. The van der Waals surface area contributed by atoms with Crippen LogP contribution in [0.25, 0.3) is 0 Å². The Hall–Kier alpha value is -1.91. The molecule has 0 bridgehead atoms. The van der Waals surface area contributed by atoms with E-state index >= 15 is 0 Å². The highest BCUT2D eigenvalue weighted by atomic mass is 16.5. The highest BCUT2D eigenvalue weighted by Gasteiger charge is 2.02. The van der Waals surface area contributed by atoms with E-state index in [4.69, 9.17) is 10.2 Å². The summed E-state index contributed by atoms with van der Waals surface area (Å²) in [5.41, 5.74) is 0.533. The van der Waals surface area contributed by atoms with Crippen molar-refractivity contribution in [3.8, 4) is 11.5 Å². The molecule has 0 unspecified atom stereocenters.